The number of hydrogen-bond donors (Lipinski definition) is 3. The number of phenols is 1. The molecule has 0 aliphatic carbocycles. The molecular formula is C13H17N3O5. The Morgan fingerprint density at radius 3 is 2.67 bits per heavy atom. The molecule has 1 fully saturated rings. The summed E-state index contributed by atoms with van der Waals surface area (Å²) in [5.41, 5.74) is 4.88. The fraction of sp³-hybridized carbons (Fsp3) is 0.462. The Bertz CT molecular complexity index is 555. The van der Waals surface area contributed by atoms with Crippen molar-refractivity contribution in [3.05, 3.63) is 28.3 Å². The molecule has 1 aromatic carbocycles. The van der Waals surface area contributed by atoms with Crippen LogP contribution in [0.1, 0.15) is 12.8 Å². The minimum absolute atomic E-state index is 0.130. The molecule has 1 aliphatic rings. The van der Waals surface area contributed by atoms with E-state index in [4.69, 9.17) is 10.5 Å². The Hall–Kier alpha value is -2.19. The normalized spacial score (nSPS) is 17.2. The van der Waals surface area contributed by atoms with Crippen LogP contribution < -0.4 is 11.1 Å². The number of phenolic OH excluding ortho intramolecular Hbond substituents is 1. The lowest BCUT2D eigenvalue weighted by Crippen LogP contribution is -2.46. The number of amides is 1. The summed E-state index contributed by atoms with van der Waals surface area (Å²) in [5, 5.41) is 23.0. The zero-order valence-corrected chi connectivity index (χ0v) is 11.4. The molecule has 1 heterocycles. The van der Waals surface area contributed by atoms with Crippen LogP contribution in [-0.4, -0.2) is 35.7 Å². The van der Waals surface area contributed by atoms with Gasteiger partial charge in [-0.2, -0.15) is 0 Å². The molecule has 0 aromatic heterocycles. The predicted octanol–water partition coefficient (Wildman–Crippen LogP) is 0.994. The number of nitrogens with one attached hydrogen (secondary N) is 1. The number of nitrogens with two attached hydrogens (primary N) is 1. The van der Waals surface area contributed by atoms with E-state index >= 15 is 0 Å². The van der Waals surface area contributed by atoms with Crippen molar-refractivity contribution in [2.24, 2.45) is 11.1 Å². The lowest BCUT2D eigenvalue weighted by molar-refractivity contribution is -0.384. The third-order valence-corrected chi connectivity index (χ3v) is 3.76. The van der Waals surface area contributed by atoms with Crippen molar-refractivity contribution in [2.45, 2.75) is 12.8 Å². The second-order valence-corrected chi connectivity index (χ2v) is 5.01. The van der Waals surface area contributed by atoms with Crippen LogP contribution in [0.5, 0.6) is 5.75 Å². The number of non-ortho nitro benzene ring substituents is 1. The molecule has 1 saturated heterocycles. The molecule has 4 N–H and O–H groups in total. The van der Waals surface area contributed by atoms with Crippen molar-refractivity contribution >= 4 is 17.3 Å². The second-order valence-electron chi connectivity index (χ2n) is 5.01. The summed E-state index contributed by atoms with van der Waals surface area (Å²) >= 11 is 0. The van der Waals surface area contributed by atoms with Crippen molar-refractivity contribution < 1.29 is 19.6 Å². The van der Waals surface area contributed by atoms with Crippen molar-refractivity contribution in [1.29, 1.82) is 0 Å². The summed E-state index contributed by atoms with van der Waals surface area (Å²) in [5.74, 6) is -0.658. The van der Waals surface area contributed by atoms with Crippen LogP contribution in [0.4, 0.5) is 11.4 Å². The molecule has 8 nitrogen and oxygen atoms in total. The molecule has 1 aliphatic heterocycles. The molecule has 21 heavy (non-hydrogen) atoms. The molecule has 1 aromatic rings. The number of aromatic hydroxyl groups is 1. The molecule has 0 radical (unpaired) electrons. The van der Waals surface area contributed by atoms with Crippen LogP contribution in [0.2, 0.25) is 0 Å². The number of nitro groups is 1. The molecule has 0 spiro atoms. The number of carbonyl (C=O) groups is 1. The van der Waals surface area contributed by atoms with Gasteiger partial charge in [-0.3, -0.25) is 14.9 Å². The van der Waals surface area contributed by atoms with Gasteiger partial charge < -0.3 is 20.9 Å². The Kier molecular flexibility index (Phi) is 4.39. The smallest absolute Gasteiger partial charge is 0.273 e. The summed E-state index contributed by atoms with van der Waals surface area (Å²) < 4.78 is 5.23. The van der Waals surface area contributed by atoms with Crippen LogP contribution in [0.25, 0.3) is 0 Å². The van der Waals surface area contributed by atoms with Gasteiger partial charge in [-0.05, 0) is 18.9 Å². The number of ether oxygens (including phenoxy) is 1. The first kappa shape index (κ1) is 15.2. The number of nitrogens with zero attached hydrogens (tertiary/aromatic N) is 1. The molecular weight excluding hydrogens is 278 g/mol. The van der Waals surface area contributed by atoms with Gasteiger partial charge in [0.1, 0.15) is 5.75 Å². The van der Waals surface area contributed by atoms with E-state index < -0.39 is 10.3 Å². The average molecular weight is 295 g/mol. The minimum Gasteiger partial charge on any atom is -0.506 e. The first-order valence-corrected chi connectivity index (χ1v) is 6.55. The van der Waals surface area contributed by atoms with E-state index in [1.54, 1.807) is 0 Å². The number of nitro benzene ring substituents is 1. The Morgan fingerprint density at radius 1 is 1.48 bits per heavy atom. The Morgan fingerprint density at radius 2 is 2.14 bits per heavy atom. The van der Waals surface area contributed by atoms with Crippen LogP contribution in [-0.2, 0) is 9.53 Å². The van der Waals surface area contributed by atoms with Crippen molar-refractivity contribution in [3.8, 4) is 5.75 Å². The van der Waals surface area contributed by atoms with E-state index in [9.17, 15) is 20.0 Å². The molecule has 0 unspecified atom stereocenters. The SMILES string of the molecule is NCC1(C(=O)Nc2ccc([N+](=O)[O-])cc2O)CCOCC1. The van der Waals surface area contributed by atoms with Crippen LogP contribution >= 0.6 is 0 Å². The number of anilines is 1. The molecule has 1 amide bonds. The molecule has 114 valence electrons. The summed E-state index contributed by atoms with van der Waals surface area (Å²) in [6.07, 6.45) is 1.01. The quantitative estimate of drug-likeness (QED) is 0.432. The zero-order valence-electron chi connectivity index (χ0n) is 11.4. The van der Waals surface area contributed by atoms with Gasteiger partial charge in [0.15, 0.2) is 0 Å². The van der Waals surface area contributed by atoms with Gasteiger partial charge in [0, 0.05) is 25.8 Å². The van der Waals surface area contributed by atoms with Gasteiger partial charge in [-0.15, -0.1) is 0 Å². The molecule has 2 rings (SSSR count). The molecule has 0 bridgehead atoms. The van der Waals surface area contributed by atoms with Gasteiger partial charge in [0.25, 0.3) is 5.69 Å². The largest absolute Gasteiger partial charge is 0.506 e. The maximum Gasteiger partial charge on any atom is 0.273 e. The van der Waals surface area contributed by atoms with E-state index in [0.717, 1.165) is 6.07 Å². The van der Waals surface area contributed by atoms with Crippen LogP contribution in [0.15, 0.2) is 18.2 Å². The van der Waals surface area contributed by atoms with Crippen LogP contribution in [0, 0.1) is 15.5 Å². The fourth-order valence-corrected chi connectivity index (χ4v) is 2.28. The second kappa shape index (κ2) is 6.06. The van der Waals surface area contributed by atoms with E-state index in [1.807, 2.05) is 0 Å². The van der Waals surface area contributed by atoms with Gasteiger partial charge in [-0.25, -0.2) is 0 Å². The Balaban J connectivity index is 2.17. The first-order valence-electron chi connectivity index (χ1n) is 6.55. The summed E-state index contributed by atoms with van der Waals surface area (Å²) in [4.78, 5) is 22.4. The highest BCUT2D eigenvalue weighted by atomic mass is 16.6. The van der Waals surface area contributed by atoms with Gasteiger partial charge >= 0.3 is 0 Å². The van der Waals surface area contributed by atoms with Crippen molar-refractivity contribution in [2.75, 3.05) is 25.1 Å². The number of rotatable bonds is 4. The van der Waals surface area contributed by atoms with E-state index in [0.29, 0.717) is 26.1 Å². The monoisotopic (exact) mass is 295 g/mol. The Labute approximate surface area is 121 Å². The maximum atomic E-state index is 12.4. The van der Waals surface area contributed by atoms with E-state index in [-0.39, 0.29) is 29.6 Å². The molecule has 0 saturated carbocycles. The third kappa shape index (κ3) is 3.11. The standard InChI is InChI=1S/C13H17N3O5/c14-8-13(3-5-21-6-4-13)12(18)15-10-2-1-9(16(19)20)7-11(10)17/h1-2,7,17H,3-6,8,14H2,(H,15,18). The fourth-order valence-electron chi connectivity index (χ4n) is 2.28. The average Bonchev–Trinajstić information content (AvgIpc) is 2.49. The van der Waals surface area contributed by atoms with Crippen molar-refractivity contribution in [3.63, 3.8) is 0 Å². The summed E-state index contributed by atoms with van der Waals surface area (Å²) in [6.45, 7) is 1.09. The highest BCUT2D eigenvalue weighted by Crippen LogP contribution is 2.33. The first-order chi connectivity index (χ1) is 9.98. The lowest BCUT2D eigenvalue weighted by atomic mass is 9.79. The number of benzene rings is 1. The number of hydrogen-bond acceptors (Lipinski definition) is 6. The van der Waals surface area contributed by atoms with Crippen molar-refractivity contribution in [1.82, 2.24) is 0 Å². The van der Waals surface area contributed by atoms with Gasteiger partial charge in [0.05, 0.1) is 22.1 Å². The summed E-state index contributed by atoms with van der Waals surface area (Å²) in [6, 6.07) is 3.51. The van der Waals surface area contributed by atoms with Gasteiger partial charge in [0.2, 0.25) is 5.91 Å². The predicted molar refractivity (Wildman–Crippen MR) is 74.9 cm³/mol. The molecule has 8 heteroatoms. The number of carbonyl (C=O) groups excluding carboxylic acids is 1. The lowest BCUT2D eigenvalue weighted by Gasteiger charge is -2.34. The topological polar surface area (TPSA) is 128 Å². The maximum absolute atomic E-state index is 12.4. The third-order valence-electron chi connectivity index (χ3n) is 3.76. The van der Waals surface area contributed by atoms with Gasteiger partial charge in [-0.1, -0.05) is 0 Å². The highest BCUT2D eigenvalue weighted by molar-refractivity contribution is 5.96. The summed E-state index contributed by atoms with van der Waals surface area (Å²) in [7, 11) is 0. The minimum atomic E-state index is -0.730. The van der Waals surface area contributed by atoms with E-state index in [1.165, 1.54) is 12.1 Å². The zero-order chi connectivity index (χ0) is 15.5. The van der Waals surface area contributed by atoms with E-state index in [2.05, 4.69) is 5.32 Å². The molecule has 0 atom stereocenters. The van der Waals surface area contributed by atoms with Crippen LogP contribution in [0.3, 0.4) is 0 Å². The highest BCUT2D eigenvalue weighted by Gasteiger charge is 2.39.